The van der Waals surface area contributed by atoms with Gasteiger partial charge in [-0.2, -0.15) is 0 Å². The van der Waals surface area contributed by atoms with Crippen molar-refractivity contribution in [2.24, 2.45) is 5.92 Å². The summed E-state index contributed by atoms with van der Waals surface area (Å²) in [5.74, 6) is -1.36. The zero-order chi connectivity index (χ0) is 17.4. The van der Waals surface area contributed by atoms with Gasteiger partial charge in [-0.1, -0.05) is 13.5 Å². The Hall–Kier alpha value is -1.45. The van der Waals surface area contributed by atoms with Gasteiger partial charge in [0.2, 0.25) is 5.91 Å². The van der Waals surface area contributed by atoms with Gasteiger partial charge in [0.15, 0.2) is 0 Å². The van der Waals surface area contributed by atoms with Crippen molar-refractivity contribution in [3.63, 3.8) is 0 Å². The average molecular weight is 347 g/mol. The number of carbonyl (C=O) groups is 2. The summed E-state index contributed by atoms with van der Waals surface area (Å²) in [6.07, 6.45) is 0.374. The highest BCUT2D eigenvalue weighted by atomic mass is 32.2. The Morgan fingerprint density at radius 1 is 1.43 bits per heavy atom. The first kappa shape index (κ1) is 17.9. The maximum Gasteiger partial charge on any atom is 0.325 e. The lowest BCUT2D eigenvalue weighted by Gasteiger charge is -2.41. The van der Waals surface area contributed by atoms with E-state index < -0.39 is 46.3 Å². The highest BCUT2D eigenvalue weighted by Gasteiger charge is 2.68. The van der Waals surface area contributed by atoms with Gasteiger partial charge < -0.3 is 14.8 Å². The highest BCUT2D eigenvalue weighted by molar-refractivity contribution is 7.67. The van der Waals surface area contributed by atoms with E-state index in [1.165, 1.54) is 0 Å². The number of hydrogen-bond acceptors (Lipinski definition) is 7. The lowest BCUT2D eigenvalue weighted by molar-refractivity contribution is -0.160. The summed E-state index contributed by atoms with van der Waals surface area (Å²) in [5, 5.41) is 2.34. The number of rotatable bonds is 6. The average Bonchev–Trinajstić information content (AvgIpc) is 2.89. The fraction of sp³-hybridized carbons (Fsp3) is 0.714. The first-order chi connectivity index (χ1) is 10.6. The molecule has 8 nitrogen and oxygen atoms in total. The molecule has 2 heterocycles. The van der Waals surface area contributed by atoms with Gasteiger partial charge >= 0.3 is 5.97 Å². The van der Waals surface area contributed by atoms with E-state index in [-0.39, 0.29) is 12.5 Å². The van der Waals surface area contributed by atoms with Crippen LogP contribution < -0.4 is 5.32 Å². The fourth-order valence-electron chi connectivity index (χ4n) is 3.33. The van der Waals surface area contributed by atoms with Gasteiger partial charge in [0.25, 0.3) is 11.0 Å². The molecule has 0 aromatic carbocycles. The van der Waals surface area contributed by atoms with Crippen LogP contribution in [-0.4, -0.2) is 50.2 Å². The van der Waals surface area contributed by atoms with Gasteiger partial charge in [-0.3, -0.25) is 13.8 Å². The summed E-state index contributed by atoms with van der Waals surface area (Å²) < 4.78 is 38.2. The lowest BCUT2D eigenvalue weighted by Crippen LogP contribution is -2.55. The topological polar surface area (TPSA) is 108 Å². The van der Waals surface area contributed by atoms with Crippen LogP contribution in [0.15, 0.2) is 12.7 Å². The number of nitrogens with one attached hydrogen (secondary N) is 1. The molecule has 0 radical (unpaired) electrons. The summed E-state index contributed by atoms with van der Waals surface area (Å²) in [5.41, 5.74) is -1.83. The number of esters is 1. The molecule has 2 bridgehead atoms. The van der Waals surface area contributed by atoms with Crippen LogP contribution in [0.1, 0.15) is 27.2 Å². The van der Waals surface area contributed by atoms with Crippen molar-refractivity contribution in [1.29, 1.82) is 0 Å². The maximum atomic E-state index is 11.8. The van der Waals surface area contributed by atoms with Gasteiger partial charge in [-0.25, -0.2) is 8.42 Å². The highest BCUT2D eigenvalue weighted by Crippen LogP contribution is 2.55. The van der Waals surface area contributed by atoms with Gasteiger partial charge in [0.05, 0.1) is 6.10 Å². The molecule has 9 heteroatoms. The second kappa shape index (κ2) is 6.21. The van der Waals surface area contributed by atoms with E-state index in [4.69, 9.17) is 13.7 Å². The van der Waals surface area contributed by atoms with Crippen LogP contribution >= 0.6 is 0 Å². The number of thiol groups is 1. The third-order valence-corrected chi connectivity index (χ3v) is 5.50. The second-order valence-corrected chi connectivity index (χ2v) is 6.78. The normalized spacial score (nSPS) is 38.5. The van der Waals surface area contributed by atoms with Crippen LogP contribution in [0.4, 0.5) is 0 Å². The standard InChI is InChI=1S/C14H21NO7S/c1-5-11(16)15-7-12(17)20-9-6-10-14(4,22-23(18)19)8(2)13(9,3)21-10/h5,8-10,23H,1,6-7H2,2-4H3,(H,15,16). The number of carbonyl (C=O) groups excluding carboxylic acids is 2. The summed E-state index contributed by atoms with van der Waals surface area (Å²) in [6.45, 7) is 8.27. The van der Waals surface area contributed by atoms with Crippen LogP contribution in [-0.2, 0) is 34.2 Å². The molecule has 0 spiro atoms. The molecule has 0 aromatic rings. The zero-order valence-corrected chi connectivity index (χ0v) is 14.1. The van der Waals surface area contributed by atoms with Crippen LogP contribution in [0.25, 0.3) is 0 Å². The Labute approximate surface area is 136 Å². The van der Waals surface area contributed by atoms with E-state index in [0.717, 1.165) is 6.08 Å². The monoisotopic (exact) mass is 347 g/mol. The van der Waals surface area contributed by atoms with Gasteiger partial charge in [0.1, 0.15) is 23.9 Å². The summed E-state index contributed by atoms with van der Waals surface area (Å²) in [4.78, 5) is 22.9. The third kappa shape index (κ3) is 3.13. The number of fused-ring (bicyclic) bond motifs is 2. The van der Waals surface area contributed by atoms with Crippen LogP contribution in [0.2, 0.25) is 0 Å². The minimum Gasteiger partial charge on any atom is -0.458 e. The van der Waals surface area contributed by atoms with Crippen molar-refractivity contribution in [2.75, 3.05) is 6.54 Å². The van der Waals surface area contributed by atoms with Gasteiger partial charge in [-0.05, 0) is 19.9 Å². The molecule has 0 aliphatic carbocycles. The van der Waals surface area contributed by atoms with Crippen molar-refractivity contribution in [3.05, 3.63) is 12.7 Å². The predicted octanol–water partition coefficient (Wildman–Crippen LogP) is -0.301. The molecule has 2 aliphatic heterocycles. The van der Waals surface area contributed by atoms with E-state index in [2.05, 4.69) is 11.9 Å². The predicted molar refractivity (Wildman–Crippen MR) is 80.0 cm³/mol. The third-order valence-electron chi connectivity index (χ3n) is 4.96. The Bertz CT molecular complexity index is 596. The quantitative estimate of drug-likeness (QED) is 0.386. The molecular formula is C14H21NO7S. The molecule has 0 aromatic heterocycles. The number of hydrogen-bond donors (Lipinski definition) is 2. The number of ether oxygens (including phenoxy) is 2. The smallest absolute Gasteiger partial charge is 0.325 e. The van der Waals surface area contributed by atoms with E-state index in [1.54, 1.807) is 20.8 Å². The van der Waals surface area contributed by atoms with E-state index in [1.807, 2.05) is 0 Å². The summed E-state index contributed by atoms with van der Waals surface area (Å²) in [7, 11) is -3.01. The Morgan fingerprint density at radius 3 is 2.61 bits per heavy atom. The molecule has 2 aliphatic rings. The van der Waals surface area contributed by atoms with Gasteiger partial charge in [-0.15, -0.1) is 0 Å². The van der Waals surface area contributed by atoms with Crippen LogP contribution in [0.3, 0.4) is 0 Å². The summed E-state index contributed by atoms with van der Waals surface area (Å²) >= 11 is 0. The lowest BCUT2D eigenvalue weighted by atomic mass is 9.70. The molecule has 23 heavy (non-hydrogen) atoms. The molecule has 2 fully saturated rings. The summed E-state index contributed by atoms with van der Waals surface area (Å²) in [6, 6.07) is 0. The van der Waals surface area contributed by atoms with E-state index >= 15 is 0 Å². The van der Waals surface area contributed by atoms with Crippen LogP contribution in [0.5, 0.6) is 0 Å². The van der Waals surface area contributed by atoms with Crippen molar-refractivity contribution < 1.29 is 31.7 Å². The Balaban J connectivity index is 2.02. The van der Waals surface area contributed by atoms with E-state index in [0.29, 0.717) is 6.42 Å². The fourth-order valence-corrected chi connectivity index (χ4v) is 3.93. The molecule has 5 unspecified atom stereocenters. The van der Waals surface area contributed by atoms with Gasteiger partial charge in [0, 0.05) is 12.3 Å². The van der Waals surface area contributed by atoms with Crippen molar-refractivity contribution in [2.45, 2.75) is 50.6 Å². The molecule has 0 saturated carbocycles. The van der Waals surface area contributed by atoms with Crippen molar-refractivity contribution in [1.82, 2.24) is 5.32 Å². The van der Waals surface area contributed by atoms with Crippen molar-refractivity contribution >= 4 is 22.9 Å². The molecule has 2 rings (SSSR count). The minimum atomic E-state index is -3.01. The van der Waals surface area contributed by atoms with Crippen molar-refractivity contribution in [3.8, 4) is 0 Å². The van der Waals surface area contributed by atoms with Crippen LogP contribution in [0, 0.1) is 5.92 Å². The maximum absolute atomic E-state index is 11.8. The largest absolute Gasteiger partial charge is 0.458 e. The second-order valence-electron chi connectivity index (χ2n) is 6.15. The number of amides is 1. The molecule has 130 valence electrons. The first-order valence-electron chi connectivity index (χ1n) is 7.24. The minimum absolute atomic E-state index is 0.267. The molecular weight excluding hydrogens is 326 g/mol. The Kier molecular flexibility index (Phi) is 4.84. The Morgan fingerprint density at radius 2 is 2.09 bits per heavy atom. The SMILES string of the molecule is C=CC(=O)NCC(=O)OC1CC2OC1(C)C(C)C2(C)O[SH](=O)=O. The molecule has 5 atom stereocenters. The molecule has 1 N–H and O–H groups in total. The first-order valence-corrected chi connectivity index (χ1v) is 8.34. The molecule has 1 amide bonds. The molecule has 2 saturated heterocycles. The van der Waals surface area contributed by atoms with E-state index in [9.17, 15) is 18.0 Å². The zero-order valence-electron chi connectivity index (χ0n) is 13.2.